The number of fused-ring (bicyclic) bond motifs is 15. The third kappa shape index (κ3) is 7.28. The summed E-state index contributed by atoms with van der Waals surface area (Å²) in [5.74, 6) is -15.7. The quantitative estimate of drug-likeness (QED) is 0.0812. The van der Waals surface area contributed by atoms with Gasteiger partial charge in [-0.25, -0.2) is 0 Å². The molecule has 82 heavy (non-hydrogen) atoms. The van der Waals surface area contributed by atoms with Gasteiger partial charge in [0.05, 0.1) is 35.9 Å². The molecule has 0 spiro atoms. The molecule has 4 bridgehead atoms. The van der Waals surface area contributed by atoms with Crippen molar-refractivity contribution in [2.75, 3.05) is 0 Å². The van der Waals surface area contributed by atoms with E-state index in [4.69, 9.17) is 28.4 Å². The van der Waals surface area contributed by atoms with E-state index in [1.54, 1.807) is 0 Å². The lowest BCUT2D eigenvalue weighted by atomic mass is 9.56. The summed E-state index contributed by atoms with van der Waals surface area (Å²) >= 11 is 0. The van der Waals surface area contributed by atoms with E-state index in [1.807, 2.05) is 0 Å². The molecule has 6 aromatic rings. The van der Waals surface area contributed by atoms with Gasteiger partial charge in [0.2, 0.25) is 5.79 Å². The number of benzene rings is 6. The van der Waals surface area contributed by atoms with Crippen LogP contribution >= 0.6 is 0 Å². The Morgan fingerprint density at radius 1 is 0.524 bits per heavy atom. The lowest BCUT2D eigenvalue weighted by Crippen LogP contribution is -2.70. The van der Waals surface area contributed by atoms with Crippen LogP contribution in [-0.4, -0.2) is 118 Å². The SMILES string of the molecule is OC1=CC2OC3(c4ccc(O)c(O)c4)OC4CC5OC6(c7ccc(O)c(O)c7)Oc7cc(-c8c(O)cc(O)c9c8OC(c8ccc(O)c(O)c8)=C(O)C9)c8c(c7C(C5CC4C(C2C(O)=C1)C3O)C6O)OC(c1ccc(O)c(O)c1)C(O)C8. The molecule has 6 aromatic carbocycles. The molecule has 16 N–H and O–H groups in total. The number of ether oxygens (including phenoxy) is 6. The minimum Gasteiger partial charge on any atom is -0.512 e. The Kier molecular flexibility index (Phi) is 11.1. The average molecular weight is 1130 g/mol. The van der Waals surface area contributed by atoms with Crippen molar-refractivity contribution in [3.8, 4) is 85.9 Å². The molecule has 2 aliphatic carbocycles. The number of rotatable bonds is 5. The Labute approximate surface area is 463 Å². The molecule has 0 amide bonds. The van der Waals surface area contributed by atoms with Gasteiger partial charge in [-0.3, -0.25) is 0 Å². The minimum atomic E-state index is -2.28. The van der Waals surface area contributed by atoms with Gasteiger partial charge in [0.25, 0.3) is 5.79 Å². The van der Waals surface area contributed by atoms with Gasteiger partial charge in [0.15, 0.2) is 51.8 Å². The van der Waals surface area contributed by atoms with Crippen molar-refractivity contribution < 1.29 is 110 Å². The number of aliphatic hydroxyl groups is 6. The minimum absolute atomic E-state index is 0.00543. The van der Waals surface area contributed by atoms with Crippen LogP contribution in [0.5, 0.6) is 74.7 Å². The van der Waals surface area contributed by atoms with E-state index in [-0.39, 0.29) is 110 Å². The van der Waals surface area contributed by atoms with Crippen molar-refractivity contribution in [1.82, 2.24) is 0 Å². The summed E-state index contributed by atoms with van der Waals surface area (Å²) in [6, 6.07) is 17.5. The molecule has 6 heterocycles. The standard InChI is InChI=1S/C60H52O22/c61-25-13-40(71)51-46(14-25)81-59(23-3-7-33(64)38(69)11-23)57(75)49(51)29-15-30-45(20-44(29)79-59)80-60(24-4-8-34(65)39(70)12-24)58(76)50(30)52-47(82-60)18-26(27-16-42(73)53(77-55(27)52)21-1-5-31(62)36(67)9-21)48-41(72)19-35(66)28-17-43(74)54(78-56(28)48)22-2-6-32(63)37(68)10-22/h1-14,18-19,29-30,42,44-46,49-51,53,57-58,61-76H,15-17,20H2. The average Bonchev–Trinajstić information content (AvgIpc) is 0.919. The monoisotopic (exact) mass is 1120 g/mol. The molecule has 14 rings (SSSR count). The van der Waals surface area contributed by atoms with E-state index in [2.05, 4.69) is 0 Å². The first-order valence-corrected chi connectivity index (χ1v) is 26.4. The maximum absolute atomic E-state index is 13.3. The largest absolute Gasteiger partial charge is 0.512 e. The van der Waals surface area contributed by atoms with E-state index in [0.29, 0.717) is 0 Å². The predicted molar refractivity (Wildman–Crippen MR) is 279 cm³/mol. The van der Waals surface area contributed by atoms with Crippen molar-refractivity contribution in [2.45, 2.75) is 85.9 Å². The Morgan fingerprint density at radius 2 is 1.16 bits per heavy atom. The van der Waals surface area contributed by atoms with E-state index in [0.717, 1.165) is 24.3 Å². The first kappa shape index (κ1) is 51.3. The van der Waals surface area contributed by atoms with Gasteiger partial charge in [-0.05, 0) is 108 Å². The normalized spacial score (nSPS) is 31.9. The van der Waals surface area contributed by atoms with Gasteiger partial charge >= 0.3 is 0 Å². The summed E-state index contributed by atoms with van der Waals surface area (Å²) in [7, 11) is 0. The van der Waals surface area contributed by atoms with Crippen LogP contribution in [0.4, 0.5) is 0 Å². The van der Waals surface area contributed by atoms with Gasteiger partial charge in [0.1, 0.15) is 64.3 Å². The highest BCUT2D eigenvalue weighted by atomic mass is 16.7. The highest BCUT2D eigenvalue weighted by Gasteiger charge is 2.70. The van der Waals surface area contributed by atoms with Crippen molar-refractivity contribution in [3.05, 3.63) is 153 Å². The number of aromatic hydroxyl groups is 10. The fourth-order valence-electron chi connectivity index (χ4n) is 14.2. The molecule has 14 unspecified atom stereocenters. The van der Waals surface area contributed by atoms with Crippen LogP contribution in [0.3, 0.4) is 0 Å². The molecule has 6 aliphatic heterocycles. The van der Waals surface area contributed by atoms with Crippen LogP contribution in [0.1, 0.15) is 63.8 Å². The van der Waals surface area contributed by atoms with Crippen molar-refractivity contribution >= 4 is 5.76 Å². The first-order chi connectivity index (χ1) is 39.1. The number of hydrogen-bond donors (Lipinski definition) is 16. The maximum atomic E-state index is 13.3. The summed E-state index contributed by atoms with van der Waals surface area (Å²) in [6.07, 6.45) is -7.24. The van der Waals surface area contributed by atoms with E-state index in [1.165, 1.54) is 72.8 Å². The third-order valence-corrected chi connectivity index (χ3v) is 17.8. The number of aliphatic hydroxyl groups excluding tert-OH is 6. The van der Waals surface area contributed by atoms with Crippen molar-refractivity contribution in [3.63, 3.8) is 0 Å². The molecule has 8 aliphatic rings. The summed E-state index contributed by atoms with van der Waals surface area (Å²) in [4.78, 5) is 0. The van der Waals surface area contributed by atoms with Crippen LogP contribution in [0.15, 0.2) is 114 Å². The molecule has 3 saturated heterocycles. The lowest BCUT2D eigenvalue weighted by Gasteiger charge is -2.64. The second kappa shape index (κ2) is 17.8. The molecule has 22 nitrogen and oxygen atoms in total. The highest BCUT2D eigenvalue weighted by molar-refractivity contribution is 5.88. The second-order valence-corrected chi connectivity index (χ2v) is 22.3. The Hall–Kier alpha value is -8.90. The fourth-order valence-corrected chi connectivity index (χ4v) is 14.2. The van der Waals surface area contributed by atoms with Crippen molar-refractivity contribution in [2.24, 2.45) is 23.7 Å². The summed E-state index contributed by atoms with van der Waals surface area (Å²) < 4.78 is 41.1. The van der Waals surface area contributed by atoms with Crippen molar-refractivity contribution in [1.29, 1.82) is 0 Å². The van der Waals surface area contributed by atoms with Crippen LogP contribution in [0.2, 0.25) is 0 Å². The third-order valence-electron chi connectivity index (χ3n) is 17.8. The van der Waals surface area contributed by atoms with Crippen LogP contribution < -0.4 is 14.2 Å². The number of phenolic OH excluding ortho intramolecular Hbond substituents is 10. The Balaban J connectivity index is 0.979. The van der Waals surface area contributed by atoms with E-state index in [9.17, 15) is 81.7 Å². The van der Waals surface area contributed by atoms with Crippen LogP contribution in [0.25, 0.3) is 16.9 Å². The van der Waals surface area contributed by atoms with E-state index < -0.39 is 147 Å². The predicted octanol–water partition coefficient (Wildman–Crippen LogP) is 6.56. The van der Waals surface area contributed by atoms with Crippen LogP contribution in [-0.2, 0) is 38.6 Å². The van der Waals surface area contributed by atoms with Gasteiger partial charge in [-0.15, -0.1) is 0 Å². The van der Waals surface area contributed by atoms with Gasteiger partial charge < -0.3 is 110 Å². The Morgan fingerprint density at radius 3 is 1.84 bits per heavy atom. The number of hydrogen-bond acceptors (Lipinski definition) is 22. The molecule has 14 atom stereocenters. The number of allylic oxidation sites excluding steroid dienone is 2. The lowest BCUT2D eigenvalue weighted by molar-refractivity contribution is -0.417. The smallest absolute Gasteiger partial charge is 0.264 e. The number of phenols is 10. The fraction of sp³-hybridized carbons (Fsp3) is 0.300. The maximum Gasteiger partial charge on any atom is 0.264 e. The summed E-state index contributed by atoms with van der Waals surface area (Å²) in [5.41, 5.74) is 0.726. The zero-order chi connectivity index (χ0) is 57.3. The van der Waals surface area contributed by atoms with Gasteiger partial charge in [-0.1, -0.05) is 6.07 Å². The second-order valence-electron chi connectivity index (χ2n) is 22.3. The molecule has 0 aromatic heterocycles. The highest BCUT2D eigenvalue weighted by Crippen LogP contribution is 2.67. The molecule has 1 saturated carbocycles. The van der Waals surface area contributed by atoms with Crippen LogP contribution in [0, 0.1) is 23.7 Å². The molecular weight excluding hydrogens is 1070 g/mol. The first-order valence-electron chi connectivity index (χ1n) is 26.4. The molecular formula is C60H52O22. The molecule has 4 fully saturated rings. The van der Waals surface area contributed by atoms with Gasteiger partial charge in [-0.2, -0.15) is 0 Å². The topological polar surface area (TPSA) is 379 Å². The molecule has 22 heteroatoms. The van der Waals surface area contributed by atoms with Gasteiger partial charge in [0, 0.05) is 76.6 Å². The van der Waals surface area contributed by atoms with E-state index >= 15 is 0 Å². The molecule has 424 valence electrons. The zero-order valence-electron chi connectivity index (χ0n) is 42.6. The summed E-state index contributed by atoms with van der Waals surface area (Å²) in [6.45, 7) is 0. The molecule has 0 radical (unpaired) electrons. The Bertz CT molecular complexity index is 3830. The zero-order valence-corrected chi connectivity index (χ0v) is 42.6. The summed E-state index contributed by atoms with van der Waals surface area (Å²) in [5, 5.41) is 180.